The van der Waals surface area contributed by atoms with Crippen LogP contribution in [0.15, 0.2) is 54.6 Å². The van der Waals surface area contributed by atoms with E-state index in [2.05, 4.69) is 4.98 Å². The van der Waals surface area contributed by atoms with Gasteiger partial charge in [0.05, 0.1) is 11.6 Å². The molecule has 2 aromatic carbocycles. The number of aryl methyl sites for hydroxylation is 1. The van der Waals surface area contributed by atoms with Gasteiger partial charge < -0.3 is 14.6 Å². The van der Waals surface area contributed by atoms with Crippen LogP contribution >= 0.6 is 0 Å². The summed E-state index contributed by atoms with van der Waals surface area (Å²) in [7, 11) is 0. The molecule has 0 radical (unpaired) electrons. The van der Waals surface area contributed by atoms with E-state index in [-0.39, 0.29) is 13.2 Å². The van der Waals surface area contributed by atoms with Crippen LogP contribution < -0.4 is 9.47 Å². The molecule has 3 aromatic rings. The molecule has 1 heterocycles. The highest BCUT2D eigenvalue weighted by molar-refractivity contribution is 5.84. The van der Waals surface area contributed by atoms with Crippen molar-refractivity contribution in [3.8, 4) is 17.6 Å². The molecule has 1 atom stereocenters. The SMILES string of the molecule is Cc1ccc2cccc(OCC(O)COc3ccc(C#N)cc3)c2n1. The number of hydrogen-bond acceptors (Lipinski definition) is 5. The van der Waals surface area contributed by atoms with Gasteiger partial charge in [-0.3, -0.25) is 0 Å². The third-order valence-electron chi connectivity index (χ3n) is 3.68. The highest BCUT2D eigenvalue weighted by atomic mass is 16.5. The lowest BCUT2D eigenvalue weighted by atomic mass is 10.2. The van der Waals surface area contributed by atoms with Gasteiger partial charge in [-0.25, -0.2) is 4.98 Å². The largest absolute Gasteiger partial charge is 0.491 e. The molecular weight excluding hydrogens is 316 g/mol. The number of ether oxygens (including phenoxy) is 2. The molecule has 5 nitrogen and oxygen atoms in total. The second-order valence-electron chi connectivity index (χ2n) is 5.69. The van der Waals surface area contributed by atoms with Crippen molar-refractivity contribution in [2.45, 2.75) is 13.0 Å². The van der Waals surface area contributed by atoms with Gasteiger partial charge in [0.1, 0.15) is 36.3 Å². The molecule has 0 saturated heterocycles. The number of pyridine rings is 1. The summed E-state index contributed by atoms with van der Waals surface area (Å²) in [5.41, 5.74) is 2.26. The summed E-state index contributed by atoms with van der Waals surface area (Å²) in [6, 6.07) is 18.4. The Kier molecular flexibility index (Phi) is 5.12. The first-order valence-electron chi connectivity index (χ1n) is 7.96. The summed E-state index contributed by atoms with van der Waals surface area (Å²) < 4.78 is 11.2. The maximum atomic E-state index is 10.1. The lowest BCUT2D eigenvalue weighted by Gasteiger charge is -2.14. The molecule has 1 unspecified atom stereocenters. The van der Waals surface area contributed by atoms with E-state index in [9.17, 15) is 5.11 Å². The maximum absolute atomic E-state index is 10.1. The van der Waals surface area contributed by atoms with Gasteiger partial charge in [0, 0.05) is 11.1 Å². The average molecular weight is 334 g/mol. The molecule has 0 spiro atoms. The van der Waals surface area contributed by atoms with Crippen molar-refractivity contribution in [2.24, 2.45) is 0 Å². The second kappa shape index (κ2) is 7.65. The van der Waals surface area contributed by atoms with Crippen molar-refractivity contribution in [2.75, 3.05) is 13.2 Å². The van der Waals surface area contributed by atoms with Gasteiger partial charge in [-0.2, -0.15) is 5.26 Å². The third-order valence-corrected chi connectivity index (χ3v) is 3.68. The molecule has 0 aliphatic heterocycles. The van der Waals surface area contributed by atoms with Crippen molar-refractivity contribution < 1.29 is 14.6 Å². The van der Waals surface area contributed by atoms with Crippen LogP contribution in [0.25, 0.3) is 10.9 Å². The van der Waals surface area contributed by atoms with Crippen LogP contribution in [-0.2, 0) is 0 Å². The number of nitrogens with zero attached hydrogens (tertiary/aromatic N) is 2. The Balaban J connectivity index is 1.58. The molecule has 25 heavy (non-hydrogen) atoms. The van der Waals surface area contributed by atoms with E-state index in [1.165, 1.54) is 0 Å². The predicted molar refractivity (Wildman–Crippen MR) is 94.6 cm³/mol. The van der Waals surface area contributed by atoms with E-state index in [1.54, 1.807) is 24.3 Å². The number of benzene rings is 2. The number of para-hydroxylation sites is 1. The van der Waals surface area contributed by atoms with E-state index in [4.69, 9.17) is 14.7 Å². The summed E-state index contributed by atoms with van der Waals surface area (Å²) in [5, 5.41) is 19.8. The smallest absolute Gasteiger partial charge is 0.145 e. The van der Waals surface area contributed by atoms with Gasteiger partial charge >= 0.3 is 0 Å². The summed E-state index contributed by atoms with van der Waals surface area (Å²) in [6.45, 7) is 2.13. The number of hydrogen-bond donors (Lipinski definition) is 1. The summed E-state index contributed by atoms with van der Waals surface area (Å²) in [6.07, 6.45) is -0.782. The highest BCUT2D eigenvalue weighted by Crippen LogP contribution is 2.24. The maximum Gasteiger partial charge on any atom is 0.145 e. The number of nitriles is 1. The van der Waals surface area contributed by atoms with Crippen molar-refractivity contribution in [3.05, 3.63) is 65.9 Å². The Morgan fingerprint density at radius 2 is 1.80 bits per heavy atom. The molecule has 1 aromatic heterocycles. The number of aliphatic hydroxyl groups excluding tert-OH is 1. The van der Waals surface area contributed by atoms with Crippen molar-refractivity contribution in [1.82, 2.24) is 4.98 Å². The van der Waals surface area contributed by atoms with E-state index < -0.39 is 6.10 Å². The van der Waals surface area contributed by atoms with Gasteiger partial charge in [0.15, 0.2) is 0 Å². The molecule has 0 aliphatic rings. The molecule has 126 valence electrons. The Hall–Kier alpha value is -3.10. The fraction of sp³-hybridized carbons (Fsp3) is 0.200. The topological polar surface area (TPSA) is 75.4 Å². The fourth-order valence-corrected chi connectivity index (χ4v) is 2.39. The first-order chi connectivity index (χ1) is 12.2. The zero-order chi connectivity index (χ0) is 17.6. The lowest BCUT2D eigenvalue weighted by molar-refractivity contribution is 0.0631. The number of rotatable bonds is 6. The van der Waals surface area contributed by atoms with Crippen molar-refractivity contribution in [3.63, 3.8) is 0 Å². The molecule has 0 aliphatic carbocycles. The molecule has 0 saturated carbocycles. The first kappa shape index (κ1) is 16.7. The first-order valence-corrected chi connectivity index (χ1v) is 7.96. The quantitative estimate of drug-likeness (QED) is 0.749. The second-order valence-corrected chi connectivity index (χ2v) is 5.69. The lowest BCUT2D eigenvalue weighted by Crippen LogP contribution is -2.25. The minimum Gasteiger partial charge on any atom is -0.491 e. The van der Waals surface area contributed by atoms with Gasteiger partial charge in [0.2, 0.25) is 0 Å². The van der Waals surface area contributed by atoms with E-state index >= 15 is 0 Å². The Morgan fingerprint density at radius 1 is 1.04 bits per heavy atom. The van der Waals surface area contributed by atoms with Gasteiger partial charge in [-0.15, -0.1) is 0 Å². The van der Waals surface area contributed by atoms with Gasteiger partial charge in [0.25, 0.3) is 0 Å². The minimum atomic E-state index is -0.782. The number of aromatic nitrogens is 1. The van der Waals surface area contributed by atoms with Crippen molar-refractivity contribution >= 4 is 10.9 Å². The van der Waals surface area contributed by atoms with Crippen LogP contribution in [0.1, 0.15) is 11.3 Å². The molecule has 3 rings (SSSR count). The molecular formula is C20H18N2O3. The summed E-state index contributed by atoms with van der Waals surface area (Å²) in [5.74, 6) is 1.24. The molecule has 0 bridgehead atoms. The number of fused-ring (bicyclic) bond motifs is 1. The van der Waals surface area contributed by atoms with Crippen LogP contribution in [0.4, 0.5) is 0 Å². The van der Waals surface area contributed by atoms with Crippen LogP contribution in [0, 0.1) is 18.3 Å². The molecule has 0 fully saturated rings. The standard InChI is InChI=1S/C20H18N2O3/c1-14-5-8-16-3-2-4-19(20(16)22-14)25-13-17(23)12-24-18-9-6-15(11-21)7-10-18/h2-10,17,23H,12-13H2,1H3. The predicted octanol–water partition coefficient (Wildman–Crippen LogP) is 3.23. The average Bonchev–Trinajstić information content (AvgIpc) is 2.65. The Labute approximate surface area is 146 Å². The van der Waals surface area contributed by atoms with Gasteiger partial charge in [-0.1, -0.05) is 18.2 Å². The van der Waals surface area contributed by atoms with Crippen LogP contribution in [0.3, 0.4) is 0 Å². The van der Waals surface area contributed by atoms with E-state index in [0.29, 0.717) is 17.1 Å². The third kappa shape index (κ3) is 4.25. The summed E-state index contributed by atoms with van der Waals surface area (Å²) in [4.78, 5) is 4.50. The Bertz CT molecular complexity index is 901. The highest BCUT2D eigenvalue weighted by Gasteiger charge is 2.09. The molecule has 5 heteroatoms. The normalized spacial score (nSPS) is 11.7. The summed E-state index contributed by atoms with van der Waals surface area (Å²) >= 11 is 0. The fourth-order valence-electron chi connectivity index (χ4n) is 2.39. The van der Waals surface area contributed by atoms with Crippen LogP contribution in [0.5, 0.6) is 11.5 Å². The minimum absolute atomic E-state index is 0.100. The van der Waals surface area contributed by atoms with Gasteiger partial charge in [-0.05, 0) is 43.3 Å². The zero-order valence-electron chi connectivity index (χ0n) is 13.8. The van der Waals surface area contributed by atoms with Crippen LogP contribution in [0.2, 0.25) is 0 Å². The van der Waals surface area contributed by atoms with Crippen molar-refractivity contribution in [1.29, 1.82) is 5.26 Å². The molecule has 1 N–H and O–H groups in total. The van der Waals surface area contributed by atoms with Crippen LogP contribution in [-0.4, -0.2) is 29.4 Å². The Morgan fingerprint density at radius 3 is 2.56 bits per heavy atom. The zero-order valence-corrected chi connectivity index (χ0v) is 13.8. The van der Waals surface area contributed by atoms with E-state index in [1.807, 2.05) is 43.3 Å². The molecule has 0 amide bonds. The van der Waals surface area contributed by atoms with E-state index in [0.717, 1.165) is 16.6 Å². The monoisotopic (exact) mass is 334 g/mol. The number of aliphatic hydroxyl groups is 1.